The Morgan fingerprint density at radius 1 is 1.35 bits per heavy atom. The number of aromatic nitrogens is 2. The van der Waals surface area contributed by atoms with Gasteiger partial charge in [0.05, 0.1) is 17.7 Å². The summed E-state index contributed by atoms with van der Waals surface area (Å²) in [5, 5.41) is 2.18. The summed E-state index contributed by atoms with van der Waals surface area (Å²) in [5.74, 6) is -1.23. The van der Waals surface area contributed by atoms with Gasteiger partial charge in [-0.05, 0) is 12.1 Å². The summed E-state index contributed by atoms with van der Waals surface area (Å²) in [5.41, 5.74) is -0.0331. The standard InChI is InChI=1S/C12H8Cl2FN3O2/c1-20-9-5-8(13)16-12(17-9)18-11(19)6-3-2-4-7(15)10(6)14/h2-5H,1H3,(H,16,17,18,19). The van der Waals surface area contributed by atoms with E-state index in [-0.39, 0.29) is 27.6 Å². The fourth-order valence-corrected chi connectivity index (χ4v) is 1.79. The van der Waals surface area contributed by atoms with Crippen molar-refractivity contribution in [2.45, 2.75) is 0 Å². The van der Waals surface area contributed by atoms with Crippen molar-refractivity contribution in [2.24, 2.45) is 0 Å². The van der Waals surface area contributed by atoms with E-state index in [1.54, 1.807) is 0 Å². The maximum Gasteiger partial charge on any atom is 0.259 e. The van der Waals surface area contributed by atoms with Crippen molar-refractivity contribution in [1.29, 1.82) is 0 Å². The fourth-order valence-electron chi connectivity index (χ4n) is 1.41. The van der Waals surface area contributed by atoms with Crippen LogP contribution in [0.3, 0.4) is 0 Å². The summed E-state index contributed by atoms with van der Waals surface area (Å²) in [4.78, 5) is 19.7. The molecule has 0 saturated carbocycles. The Morgan fingerprint density at radius 3 is 2.80 bits per heavy atom. The third-order valence-corrected chi connectivity index (χ3v) is 2.88. The Hall–Kier alpha value is -1.92. The van der Waals surface area contributed by atoms with Crippen LogP contribution in [0.1, 0.15) is 10.4 Å². The minimum Gasteiger partial charge on any atom is -0.481 e. The van der Waals surface area contributed by atoms with Gasteiger partial charge in [-0.15, -0.1) is 0 Å². The minimum atomic E-state index is -0.691. The van der Waals surface area contributed by atoms with E-state index in [0.29, 0.717) is 0 Å². The molecule has 0 radical (unpaired) electrons. The molecule has 0 aliphatic rings. The SMILES string of the molecule is COc1cc(Cl)nc(NC(=O)c2cccc(F)c2Cl)n1. The van der Waals surface area contributed by atoms with Crippen molar-refractivity contribution in [3.05, 3.63) is 45.8 Å². The molecule has 0 unspecified atom stereocenters. The number of amides is 1. The van der Waals surface area contributed by atoms with E-state index in [2.05, 4.69) is 15.3 Å². The minimum absolute atomic E-state index is 0.0331. The molecule has 0 aliphatic carbocycles. The molecule has 1 N–H and O–H groups in total. The Morgan fingerprint density at radius 2 is 2.10 bits per heavy atom. The van der Waals surface area contributed by atoms with Gasteiger partial charge in [-0.3, -0.25) is 10.1 Å². The summed E-state index contributed by atoms with van der Waals surface area (Å²) in [7, 11) is 1.40. The number of nitrogens with zero attached hydrogens (tertiary/aromatic N) is 2. The third-order valence-electron chi connectivity index (χ3n) is 2.30. The molecule has 0 spiro atoms. The van der Waals surface area contributed by atoms with E-state index in [0.717, 1.165) is 6.07 Å². The first-order valence-corrected chi connectivity index (χ1v) is 6.11. The van der Waals surface area contributed by atoms with E-state index in [1.165, 1.54) is 25.3 Å². The Balaban J connectivity index is 2.28. The molecule has 2 rings (SSSR count). The Kier molecular flexibility index (Phi) is 4.36. The molecule has 1 aromatic carbocycles. The number of benzene rings is 1. The number of hydrogen-bond donors (Lipinski definition) is 1. The van der Waals surface area contributed by atoms with E-state index in [4.69, 9.17) is 27.9 Å². The first-order valence-electron chi connectivity index (χ1n) is 5.35. The van der Waals surface area contributed by atoms with Gasteiger partial charge < -0.3 is 4.74 Å². The lowest BCUT2D eigenvalue weighted by atomic mass is 10.2. The van der Waals surface area contributed by atoms with Crippen molar-refractivity contribution >= 4 is 35.1 Å². The summed E-state index contributed by atoms with van der Waals surface area (Å²) < 4.78 is 18.2. The molecule has 0 saturated heterocycles. The van der Waals surface area contributed by atoms with Gasteiger partial charge in [-0.25, -0.2) is 9.37 Å². The molecular formula is C12H8Cl2FN3O2. The number of hydrogen-bond acceptors (Lipinski definition) is 4. The van der Waals surface area contributed by atoms with Gasteiger partial charge in [0.2, 0.25) is 11.8 Å². The van der Waals surface area contributed by atoms with Gasteiger partial charge in [-0.2, -0.15) is 4.98 Å². The van der Waals surface area contributed by atoms with E-state index < -0.39 is 11.7 Å². The number of nitrogens with one attached hydrogen (secondary N) is 1. The maximum absolute atomic E-state index is 13.3. The van der Waals surface area contributed by atoms with Crippen LogP contribution in [0.25, 0.3) is 0 Å². The fraction of sp³-hybridized carbons (Fsp3) is 0.0833. The molecular weight excluding hydrogens is 308 g/mol. The second-order valence-electron chi connectivity index (χ2n) is 3.61. The zero-order chi connectivity index (χ0) is 14.7. The summed E-state index contributed by atoms with van der Waals surface area (Å²) >= 11 is 11.5. The molecule has 8 heteroatoms. The highest BCUT2D eigenvalue weighted by molar-refractivity contribution is 6.34. The molecule has 20 heavy (non-hydrogen) atoms. The van der Waals surface area contributed by atoms with Gasteiger partial charge in [0.25, 0.3) is 5.91 Å². The first-order chi connectivity index (χ1) is 9.51. The predicted octanol–water partition coefficient (Wildman–Crippen LogP) is 3.18. The average molecular weight is 316 g/mol. The van der Waals surface area contributed by atoms with Crippen LogP contribution in [0, 0.1) is 5.82 Å². The Labute approximate surface area is 123 Å². The second kappa shape index (κ2) is 6.02. The van der Waals surface area contributed by atoms with Crippen LogP contribution in [-0.2, 0) is 0 Å². The largest absolute Gasteiger partial charge is 0.481 e. The molecule has 0 fully saturated rings. The van der Waals surface area contributed by atoms with Crippen molar-refractivity contribution in [2.75, 3.05) is 12.4 Å². The Bertz CT molecular complexity index is 667. The molecule has 1 heterocycles. The van der Waals surface area contributed by atoms with Crippen molar-refractivity contribution in [3.63, 3.8) is 0 Å². The van der Waals surface area contributed by atoms with E-state index >= 15 is 0 Å². The maximum atomic E-state index is 13.3. The molecule has 1 aromatic heterocycles. The number of carbonyl (C=O) groups excluding carboxylic acids is 1. The number of rotatable bonds is 3. The second-order valence-corrected chi connectivity index (χ2v) is 4.38. The van der Waals surface area contributed by atoms with Crippen LogP contribution in [0.5, 0.6) is 5.88 Å². The molecule has 104 valence electrons. The molecule has 1 amide bonds. The molecule has 5 nitrogen and oxygen atoms in total. The van der Waals surface area contributed by atoms with Crippen molar-refractivity contribution < 1.29 is 13.9 Å². The molecule has 0 aliphatic heterocycles. The summed E-state index contributed by atoms with van der Waals surface area (Å²) in [6.07, 6.45) is 0. The normalized spacial score (nSPS) is 10.2. The van der Waals surface area contributed by atoms with Crippen LogP contribution in [-0.4, -0.2) is 23.0 Å². The van der Waals surface area contributed by atoms with Gasteiger partial charge in [0.1, 0.15) is 11.0 Å². The van der Waals surface area contributed by atoms with Crippen LogP contribution in [0.2, 0.25) is 10.2 Å². The number of carbonyl (C=O) groups is 1. The van der Waals surface area contributed by atoms with Crippen LogP contribution >= 0.6 is 23.2 Å². The monoisotopic (exact) mass is 315 g/mol. The van der Waals surface area contributed by atoms with E-state index in [9.17, 15) is 9.18 Å². The number of halogens is 3. The summed E-state index contributed by atoms with van der Waals surface area (Å²) in [6.45, 7) is 0. The number of methoxy groups -OCH3 is 1. The average Bonchev–Trinajstić information content (AvgIpc) is 2.41. The van der Waals surface area contributed by atoms with Gasteiger partial charge >= 0.3 is 0 Å². The van der Waals surface area contributed by atoms with Crippen LogP contribution < -0.4 is 10.1 Å². The lowest BCUT2D eigenvalue weighted by molar-refractivity contribution is 0.102. The number of ether oxygens (including phenoxy) is 1. The van der Waals surface area contributed by atoms with Gasteiger partial charge in [0.15, 0.2) is 0 Å². The van der Waals surface area contributed by atoms with Crippen molar-refractivity contribution in [1.82, 2.24) is 9.97 Å². The topological polar surface area (TPSA) is 64.1 Å². The molecule has 2 aromatic rings. The summed E-state index contributed by atoms with van der Waals surface area (Å²) in [6, 6.07) is 5.28. The lowest BCUT2D eigenvalue weighted by Crippen LogP contribution is -2.15. The van der Waals surface area contributed by atoms with Crippen molar-refractivity contribution in [3.8, 4) is 5.88 Å². The highest BCUT2D eigenvalue weighted by Gasteiger charge is 2.15. The molecule has 0 bridgehead atoms. The smallest absolute Gasteiger partial charge is 0.259 e. The third kappa shape index (κ3) is 3.15. The van der Waals surface area contributed by atoms with E-state index in [1.807, 2.05) is 0 Å². The zero-order valence-electron chi connectivity index (χ0n) is 10.2. The van der Waals surface area contributed by atoms with Gasteiger partial charge in [0, 0.05) is 6.07 Å². The van der Waals surface area contributed by atoms with Crippen LogP contribution in [0.15, 0.2) is 24.3 Å². The lowest BCUT2D eigenvalue weighted by Gasteiger charge is -2.07. The highest BCUT2D eigenvalue weighted by Crippen LogP contribution is 2.21. The predicted molar refractivity (Wildman–Crippen MR) is 73.0 cm³/mol. The molecule has 0 atom stereocenters. The highest BCUT2D eigenvalue weighted by atomic mass is 35.5. The quantitative estimate of drug-likeness (QED) is 0.883. The first kappa shape index (κ1) is 14.5. The zero-order valence-corrected chi connectivity index (χ0v) is 11.7. The number of anilines is 1. The van der Waals surface area contributed by atoms with Crippen LogP contribution in [0.4, 0.5) is 10.3 Å². The van der Waals surface area contributed by atoms with Gasteiger partial charge in [-0.1, -0.05) is 29.3 Å².